The molecule has 0 aliphatic rings. The van der Waals surface area contributed by atoms with E-state index in [2.05, 4.69) is 15.3 Å². The summed E-state index contributed by atoms with van der Waals surface area (Å²) < 4.78 is 3.28. The second kappa shape index (κ2) is 7.40. The molecule has 8 heteroatoms. The van der Waals surface area contributed by atoms with Crippen LogP contribution in [0.4, 0.5) is 5.69 Å². The van der Waals surface area contributed by atoms with Crippen molar-refractivity contribution < 1.29 is 4.79 Å². The average Bonchev–Trinajstić information content (AvgIpc) is 3.26. The molecule has 0 aliphatic carbocycles. The number of imidazole rings is 1. The number of carbonyl (C=O) groups excluding carboxylic acids is 1. The largest absolute Gasteiger partial charge is 0.325 e. The van der Waals surface area contributed by atoms with Gasteiger partial charge in [0, 0.05) is 35.1 Å². The fourth-order valence-corrected chi connectivity index (χ4v) is 3.52. The van der Waals surface area contributed by atoms with Crippen LogP contribution in [-0.4, -0.2) is 24.8 Å². The lowest BCUT2D eigenvalue weighted by Crippen LogP contribution is -2.28. The molecule has 28 heavy (non-hydrogen) atoms. The Morgan fingerprint density at radius 1 is 1.25 bits per heavy atom. The van der Waals surface area contributed by atoms with Crippen LogP contribution in [0.25, 0.3) is 16.2 Å². The van der Waals surface area contributed by atoms with Gasteiger partial charge in [-0.1, -0.05) is 26.0 Å². The summed E-state index contributed by atoms with van der Waals surface area (Å²) >= 11 is 1.58. The number of nitrogens with zero attached hydrogens (tertiary/aromatic N) is 4. The number of aromatic nitrogens is 4. The highest BCUT2D eigenvalue weighted by Crippen LogP contribution is 2.23. The number of fused-ring (bicyclic) bond motifs is 1. The van der Waals surface area contributed by atoms with Gasteiger partial charge in [0.2, 0.25) is 5.91 Å². The van der Waals surface area contributed by atoms with E-state index < -0.39 is 0 Å². The number of hydrogen-bond acceptors (Lipinski definition) is 5. The summed E-state index contributed by atoms with van der Waals surface area (Å²) in [5.74, 6) is -0.114. The summed E-state index contributed by atoms with van der Waals surface area (Å²) in [5.41, 5.74) is 3.00. The van der Waals surface area contributed by atoms with Gasteiger partial charge in [-0.2, -0.15) is 0 Å². The maximum Gasteiger partial charge on any atom is 0.254 e. The van der Waals surface area contributed by atoms with Gasteiger partial charge < -0.3 is 5.32 Å². The minimum Gasteiger partial charge on any atom is -0.325 e. The van der Waals surface area contributed by atoms with Crippen LogP contribution in [0.5, 0.6) is 0 Å². The fourth-order valence-electron chi connectivity index (χ4n) is 2.82. The summed E-state index contributed by atoms with van der Waals surface area (Å²) in [6.07, 6.45) is 5.36. The highest BCUT2D eigenvalue weighted by molar-refractivity contribution is 7.15. The first-order chi connectivity index (χ1) is 13.5. The third kappa shape index (κ3) is 3.72. The van der Waals surface area contributed by atoms with E-state index in [4.69, 9.17) is 0 Å². The standard InChI is InChI=1S/C20H19N5O2S/c1-13(2)16-9-19(27)25(12-21-16)11-18(26)22-15-5-3-14(4-6-15)17-10-24-7-8-28-20(24)23-17/h3-10,12-13H,11H2,1-2H3,(H,22,26). The molecule has 0 saturated heterocycles. The normalized spacial score (nSPS) is 11.2. The number of benzene rings is 1. The summed E-state index contributed by atoms with van der Waals surface area (Å²) in [6, 6.07) is 8.94. The molecular weight excluding hydrogens is 374 g/mol. The molecule has 3 heterocycles. The zero-order valence-electron chi connectivity index (χ0n) is 15.5. The van der Waals surface area contributed by atoms with E-state index in [-0.39, 0.29) is 23.9 Å². The Hall–Kier alpha value is -3.26. The second-order valence-corrected chi connectivity index (χ2v) is 7.65. The maximum absolute atomic E-state index is 12.3. The molecule has 7 nitrogen and oxygen atoms in total. The quantitative estimate of drug-likeness (QED) is 0.564. The SMILES string of the molecule is CC(C)c1cc(=O)n(CC(=O)Nc2ccc(-c3cn4ccsc4n3)cc2)cn1. The first-order valence-corrected chi connectivity index (χ1v) is 9.76. The van der Waals surface area contributed by atoms with E-state index in [1.165, 1.54) is 17.0 Å². The Morgan fingerprint density at radius 2 is 2.04 bits per heavy atom. The highest BCUT2D eigenvalue weighted by Gasteiger charge is 2.09. The van der Waals surface area contributed by atoms with Gasteiger partial charge in [-0.3, -0.25) is 18.6 Å². The molecule has 0 saturated carbocycles. The molecule has 4 aromatic rings. The number of amides is 1. The van der Waals surface area contributed by atoms with Crippen LogP contribution < -0.4 is 10.9 Å². The third-order valence-electron chi connectivity index (χ3n) is 4.36. The number of carbonyl (C=O) groups is 1. The molecule has 1 N–H and O–H groups in total. The van der Waals surface area contributed by atoms with Gasteiger partial charge in [0.15, 0.2) is 4.96 Å². The van der Waals surface area contributed by atoms with Crippen LogP contribution >= 0.6 is 11.3 Å². The molecule has 0 bridgehead atoms. The minimum absolute atomic E-state index is 0.0801. The second-order valence-electron chi connectivity index (χ2n) is 6.78. The van der Waals surface area contributed by atoms with Gasteiger partial charge in [-0.15, -0.1) is 11.3 Å². The Kier molecular flexibility index (Phi) is 4.79. The first-order valence-electron chi connectivity index (χ1n) is 8.88. The van der Waals surface area contributed by atoms with Gasteiger partial charge in [0.1, 0.15) is 6.54 Å². The van der Waals surface area contributed by atoms with E-state index >= 15 is 0 Å². The number of rotatable bonds is 5. The van der Waals surface area contributed by atoms with Gasteiger partial charge in [0.05, 0.1) is 17.7 Å². The van der Waals surface area contributed by atoms with Crippen LogP contribution in [-0.2, 0) is 11.3 Å². The molecule has 142 valence electrons. The molecular formula is C20H19N5O2S. The fraction of sp³-hybridized carbons (Fsp3) is 0.200. The van der Waals surface area contributed by atoms with Crippen LogP contribution in [0.2, 0.25) is 0 Å². The molecule has 4 rings (SSSR count). The van der Waals surface area contributed by atoms with Crippen molar-refractivity contribution in [2.75, 3.05) is 5.32 Å². The monoisotopic (exact) mass is 393 g/mol. The summed E-state index contributed by atoms with van der Waals surface area (Å²) in [4.78, 5) is 34.1. The predicted molar refractivity (Wildman–Crippen MR) is 110 cm³/mol. The van der Waals surface area contributed by atoms with Crippen molar-refractivity contribution in [1.29, 1.82) is 0 Å². The van der Waals surface area contributed by atoms with E-state index in [0.717, 1.165) is 21.9 Å². The highest BCUT2D eigenvalue weighted by atomic mass is 32.1. The topological polar surface area (TPSA) is 81.3 Å². The zero-order valence-corrected chi connectivity index (χ0v) is 16.3. The van der Waals surface area contributed by atoms with Crippen LogP contribution in [0.15, 0.2) is 59.2 Å². The smallest absolute Gasteiger partial charge is 0.254 e. The van der Waals surface area contributed by atoms with Crippen molar-refractivity contribution in [2.24, 2.45) is 0 Å². The Balaban J connectivity index is 1.43. The minimum atomic E-state index is -0.281. The van der Waals surface area contributed by atoms with Crippen molar-refractivity contribution in [1.82, 2.24) is 18.9 Å². The Labute approximate surface area is 165 Å². The summed E-state index contributed by atoms with van der Waals surface area (Å²) in [7, 11) is 0. The van der Waals surface area contributed by atoms with E-state index in [0.29, 0.717) is 5.69 Å². The number of nitrogens with one attached hydrogen (secondary N) is 1. The summed E-state index contributed by atoms with van der Waals surface area (Å²) in [6.45, 7) is 3.86. The van der Waals surface area contributed by atoms with Crippen molar-refractivity contribution >= 4 is 27.9 Å². The van der Waals surface area contributed by atoms with Crippen molar-refractivity contribution in [3.05, 3.63) is 70.5 Å². The van der Waals surface area contributed by atoms with Crippen molar-refractivity contribution in [3.8, 4) is 11.3 Å². The van der Waals surface area contributed by atoms with Gasteiger partial charge in [-0.25, -0.2) is 9.97 Å². The third-order valence-corrected chi connectivity index (χ3v) is 5.13. The van der Waals surface area contributed by atoms with Gasteiger partial charge in [-0.05, 0) is 18.1 Å². The summed E-state index contributed by atoms with van der Waals surface area (Å²) in [5, 5.41) is 4.79. The molecule has 0 aliphatic heterocycles. The molecule has 3 aromatic heterocycles. The Morgan fingerprint density at radius 3 is 2.71 bits per heavy atom. The predicted octanol–water partition coefficient (Wildman–Crippen LogP) is 3.38. The van der Waals surface area contributed by atoms with Crippen molar-refractivity contribution in [3.63, 3.8) is 0 Å². The van der Waals surface area contributed by atoms with Crippen LogP contribution in [0, 0.1) is 0 Å². The average molecular weight is 393 g/mol. The molecule has 1 amide bonds. The maximum atomic E-state index is 12.3. The molecule has 0 fully saturated rings. The molecule has 0 unspecified atom stereocenters. The van der Waals surface area contributed by atoms with E-state index in [9.17, 15) is 9.59 Å². The van der Waals surface area contributed by atoms with Crippen molar-refractivity contribution in [2.45, 2.75) is 26.3 Å². The lowest BCUT2D eigenvalue weighted by Gasteiger charge is -2.09. The van der Waals surface area contributed by atoms with Crippen LogP contribution in [0.3, 0.4) is 0 Å². The van der Waals surface area contributed by atoms with E-state index in [1.807, 2.05) is 60.3 Å². The number of anilines is 1. The first kappa shape index (κ1) is 18.1. The molecule has 0 atom stereocenters. The lowest BCUT2D eigenvalue weighted by molar-refractivity contribution is -0.116. The molecule has 0 spiro atoms. The number of hydrogen-bond donors (Lipinski definition) is 1. The molecule has 1 aromatic carbocycles. The molecule has 0 radical (unpaired) electrons. The van der Waals surface area contributed by atoms with Gasteiger partial charge >= 0.3 is 0 Å². The zero-order chi connectivity index (χ0) is 19.7. The van der Waals surface area contributed by atoms with Crippen LogP contribution in [0.1, 0.15) is 25.5 Å². The lowest BCUT2D eigenvalue weighted by atomic mass is 10.1. The van der Waals surface area contributed by atoms with Gasteiger partial charge in [0.25, 0.3) is 5.56 Å². The Bertz CT molecular complexity index is 1160. The number of thiazole rings is 1. The van der Waals surface area contributed by atoms with E-state index in [1.54, 1.807) is 11.3 Å².